The number of benzene rings is 1. The predicted octanol–water partition coefficient (Wildman–Crippen LogP) is 4.37. The molecule has 2 aromatic heterocycles. The van der Waals surface area contributed by atoms with E-state index in [1.165, 1.54) is 16.9 Å². The van der Waals surface area contributed by atoms with Gasteiger partial charge in [-0.05, 0) is 75.1 Å². The maximum Gasteiger partial charge on any atom is 0.416 e. The first kappa shape index (κ1) is 25.6. The van der Waals surface area contributed by atoms with Crippen LogP contribution in [0.15, 0.2) is 30.3 Å². The van der Waals surface area contributed by atoms with E-state index in [1.807, 2.05) is 19.9 Å². The Kier molecular flexibility index (Phi) is 6.76. The van der Waals surface area contributed by atoms with Crippen molar-refractivity contribution in [2.24, 2.45) is 7.05 Å². The first-order valence-corrected chi connectivity index (χ1v) is 11.9. The highest BCUT2D eigenvalue weighted by molar-refractivity contribution is 5.83. The normalized spacial score (nSPS) is 18.3. The Hall–Kier alpha value is -3.50. The van der Waals surface area contributed by atoms with Crippen molar-refractivity contribution in [2.45, 2.75) is 58.2 Å². The first-order chi connectivity index (χ1) is 16.9. The van der Waals surface area contributed by atoms with Crippen LogP contribution in [0.3, 0.4) is 0 Å². The van der Waals surface area contributed by atoms with Crippen LogP contribution in [0.25, 0.3) is 11.4 Å². The Morgan fingerprint density at radius 2 is 1.97 bits per heavy atom. The molecular weight excluding hydrogens is 471 g/mol. The number of amides is 1. The number of hydrogen-bond acceptors (Lipinski definition) is 6. The van der Waals surface area contributed by atoms with Crippen LogP contribution in [0.4, 0.5) is 19.0 Å². The number of tetrazole rings is 1. The molecule has 11 heteroatoms. The van der Waals surface area contributed by atoms with Gasteiger partial charge in [-0.2, -0.15) is 18.0 Å². The molecule has 3 heterocycles. The van der Waals surface area contributed by atoms with Crippen molar-refractivity contribution < 1.29 is 18.0 Å². The molecular formula is C25H30F3N7O. The zero-order chi connectivity index (χ0) is 26.3. The Balaban J connectivity index is 1.49. The number of nitrogens with zero attached hydrogens (tertiary/aromatic N) is 6. The molecule has 0 bridgehead atoms. The Bertz CT molecular complexity index is 1260. The third-order valence-electron chi connectivity index (χ3n) is 6.75. The molecule has 0 unspecified atom stereocenters. The molecule has 1 aromatic carbocycles. The van der Waals surface area contributed by atoms with E-state index in [4.69, 9.17) is 4.98 Å². The molecule has 1 N–H and O–H groups in total. The number of likely N-dealkylation sites (N-methyl/N-ethyl adjacent to an activating group) is 1. The summed E-state index contributed by atoms with van der Waals surface area (Å²) in [6, 6.07) is 6.85. The van der Waals surface area contributed by atoms with Gasteiger partial charge in [-0.25, -0.2) is 4.98 Å². The lowest BCUT2D eigenvalue weighted by Crippen LogP contribution is -2.51. The van der Waals surface area contributed by atoms with Crippen LogP contribution in [-0.2, 0) is 24.4 Å². The Morgan fingerprint density at radius 3 is 2.56 bits per heavy atom. The molecule has 0 aliphatic carbocycles. The van der Waals surface area contributed by atoms with Gasteiger partial charge in [-0.3, -0.25) is 4.79 Å². The number of alkyl halides is 3. The largest absolute Gasteiger partial charge is 0.416 e. The number of carbonyl (C=O) groups is 1. The van der Waals surface area contributed by atoms with Crippen molar-refractivity contribution in [3.05, 3.63) is 52.7 Å². The number of rotatable bonds is 6. The van der Waals surface area contributed by atoms with E-state index < -0.39 is 23.2 Å². The van der Waals surface area contributed by atoms with Crippen LogP contribution >= 0.6 is 0 Å². The number of aromatic nitrogens is 5. The lowest BCUT2D eigenvalue weighted by Gasteiger charge is -2.40. The summed E-state index contributed by atoms with van der Waals surface area (Å²) >= 11 is 0. The topological polar surface area (TPSA) is 88.8 Å². The first-order valence-electron chi connectivity index (χ1n) is 11.9. The van der Waals surface area contributed by atoms with Crippen molar-refractivity contribution in [2.75, 3.05) is 18.4 Å². The second kappa shape index (κ2) is 9.51. The van der Waals surface area contributed by atoms with E-state index in [2.05, 4.69) is 27.7 Å². The van der Waals surface area contributed by atoms with Gasteiger partial charge < -0.3 is 10.2 Å². The molecule has 1 amide bonds. The Morgan fingerprint density at radius 1 is 1.28 bits per heavy atom. The zero-order valence-electron chi connectivity index (χ0n) is 21.0. The summed E-state index contributed by atoms with van der Waals surface area (Å²) in [6.07, 6.45) is -2.87. The highest BCUT2D eigenvalue weighted by Crippen LogP contribution is 2.34. The Labute approximate surface area is 207 Å². The molecule has 0 radical (unpaired) electrons. The highest BCUT2D eigenvalue weighted by atomic mass is 19.4. The number of nitrogens with one attached hydrogen (secondary N) is 1. The van der Waals surface area contributed by atoms with Crippen molar-refractivity contribution in [3.63, 3.8) is 0 Å². The second-order valence-electron chi connectivity index (χ2n) is 9.61. The molecule has 0 saturated carbocycles. The lowest BCUT2D eigenvalue weighted by molar-refractivity contribution is -0.137. The molecule has 1 aliphatic rings. The van der Waals surface area contributed by atoms with Crippen LogP contribution in [0.1, 0.15) is 55.5 Å². The van der Waals surface area contributed by atoms with E-state index >= 15 is 0 Å². The summed E-state index contributed by atoms with van der Waals surface area (Å²) in [5.74, 6) is 0.611. The van der Waals surface area contributed by atoms with Gasteiger partial charge in [0, 0.05) is 18.7 Å². The fourth-order valence-electron chi connectivity index (χ4n) is 4.59. The summed E-state index contributed by atoms with van der Waals surface area (Å²) in [5, 5.41) is 15.8. The molecule has 0 spiro atoms. The van der Waals surface area contributed by atoms with Crippen molar-refractivity contribution in [1.82, 2.24) is 30.1 Å². The average Bonchev–Trinajstić information content (AvgIpc) is 3.26. The van der Waals surface area contributed by atoms with Gasteiger partial charge in [-0.15, -0.1) is 10.2 Å². The molecule has 192 valence electrons. The van der Waals surface area contributed by atoms with Crippen molar-refractivity contribution in [1.29, 1.82) is 0 Å². The molecule has 36 heavy (non-hydrogen) atoms. The monoisotopic (exact) mass is 501 g/mol. The number of hydrogen-bond donors (Lipinski definition) is 1. The average molecular weight is 502 g/mol. The second-order valence-corrected chi connectivity index (χ2v) is 9.61. The number of pyridine rings is 1. The van der Waals surface area contributed by atoms with Gasteiger partial charge in [0.2, 0.25) is 11.7 Å². The third kappa shape index (κ3) is 5.19. The summed E-state index contributed by atoms with van der Waals surface area (Å²) in [5.41, 5.74) is 2.08. The minimum absolute atomic E-state index is 0.126. The summed E-state index contributed by atoms with van der Waals surface area (Å²) in [7, 11) is 1.71. The fourth-order valence-corrected chi connectivity index (χ4v) is 4.59. The molecule has 2 atom stereocenters. The molecule has 8 nitrogen and oxygen atoms in total. The van der Waals surface area contributed by atoms with Crippen LogP contribution in [0.5, 0.6) is 0 Å². The lowest BCUT2D eigenvalue weighted by atomic mass is 9.87. The third-order valence-corrected chi connectivity index (χ3v) is 6.75. The van der Waals surface area contributed by atoms with Crippen LogP contribution in [-0.4, -0.2) is 54.6 Å². The number of halogens is 3. The quantitative estimate of drug-likeness (QED) is 0.540. The molecule has 4 rings (SSSR count). The fraction of sp³-hybridized carbons (Fsp3) is 0.480. The minimum atomic E-state index is -4.41. The number of fused-ring (bicyclic) bond motifs is 1. The van der Waals surface area contributed by atoms with Crippen molar-refractivity contribution >= 4 is 11.7 Å². The highest BCUT2D eigenvalue weighted by Gasteiger charge is 2.35. The number of aryl methyl sites for hydroxylation is 3. The van der Waals surface area contributed by atoms with Gasteiger partial charge >= 0.3 is 6.18 Å². The SMILES string of the molecule is CCN(C[C@@]1(C)CCc2cc(-c3nnn(C)n3)c(C)nc2N1)C(=O)[C@H](C)c1ccc(C(F)(F)F)cc1. The van der Waals surface area contributed by atoms with Gasteiger partial charge in [-0.1, -0.05) is 12.1 Å². The standard InChI is InChI=1S/C25H30F3N7O/c1-6-35(23(36)15(2)17-7-9-19(10-8-17)25(26,27)28)14-24(4)12-11-18-13-20(16(3)29-21(18)30-24)22-31-33-34(5)32-22/h7-10,13,15H,6,11-12,14H2,1-5H3,(H,29,30)/t15-,24-/m1/s1. The summed E-state index contributed by atoms with van der Waals surface area (Å²) < 4.78 is 38.7. The predicted molar refractivity (Wildman–Crippen MR) is 129 cm³/mol. The van der Waals surface area contributed by atoms with E-state index in [9.17, 15) is 18.0 Å². The van der Waals surface area contributed by atoms with Crippen molar-refractivity contribution in [3.8, 4) is 11.4 Å². The van der Waals surface area contributed by atoms with E-state index in [0.29, 0.717) is 24.5 Å². The molecule has 3 aromatic rings. The van der Waals surface area contributed by atoms with E-state index in [-0.39, 0.29) is 5.91 Å². The minimum Gasteiger partial charge on any atom is -0.363 e. The van der Waals surface area contributed by atoms with Crippen LogP contribution < -0.4 is 5.32 Å². The van der Waals surface area contributed by atoms with Gasteiger partial charge in [0.05, 0.1) is 29.8 Å². The maximum atomic E-state index is 13.3. The van der Waals surface area contributed by atoms with Crippen LogP contribution in [0.2, 0.25) is 0 Å². The number of anilines is 1. The van der Waals surface area contributed by atoms with Gasteiger partial charge in [0.1, 0.15) is 5.82 Å². The smallest absolute Gasteiger partial charge is 0.363 e. The molecule has 1 aliphatic heterocycles. The van der Waals surface area contributed by atoms with E-state index in [1.54, 1.807) is 18.9 Å². The molecule has 0 fully saturated rings. The molecule has 0 saturated heterocycles. The zero-order valence-corrected chi connectivity index (χ0v) is 21.0. The summed E-state index contributed by atoms with van der Waals surface area (Å²) in [6.45, 7) is 8.52. The number of carbonyl (C=O) groups excluding carboxylic acids is 1. The summed E-state index contributed by atoms with van der Waals surface area (Å²) in [4.78, 5) is 21.2. The van der Waals surface area contributed by atoms with Gasteiger partial charge in [0.25, 0.3) is 0 Å². The van der Waals surface area contributed by atoms with Gasteiger partial charge in [0.15, 0.2) is 0 Å². The van der Waals surface area contributed by atoms with E-state index in [0.717, 1.165) is 47.6 Å². The van der Waals surface area contributed by atoms with Crippen LogP contribution in [0, 0.1) is 6.92 Å². The maximum absolute atomic E-state index is 13.3.